The fraction of sp³-hybridized carbons (Fsp3) is 0.0938. The van der Waals surface area contributed by atoms with Gasteiger partial charge in [0.15, 0.2) is 0 Å². The molecule has 4 amide bonds. The fourth-order valence-electron chi connectivity index (χ4n) is 4.20. The number of nitrogens with one attached hydrogen (secondary N) is 1. The summed E-state index contributed by atoms with van der Waals surface area (Å²) in [7, 11) is 0. The molecule has 11 heteroatoms. The van der Waals surface area contributed by atoms with Crippen LogP contribution in [0.2, 0.25) is 5.02 Å². The molecule has 0 aromatic heterocycles. The Kier molecular flexibility index (Phi) is 8.49. The summed E-state index contributed by atoms with van der Waals surface area (Å²) in [6.45, 7) is 2.48. The van der Waals surface area contributed by atoms with E-state index in [1.54, 1.807) is 48.5 Å². The van der Waals surface area contributed by atoms with Crippen LogP contribution in [0.25, 0.3) is 6.08 Å². The predicted octanol–water partition coefficient (Wildman–Crippen LogP) is 6.38. The van der Waals surface area contributed by atoms with E-state index in [-0.39, 0.29) is 28.6 Å². The summed E-state index contributed by atoms with van der Waals surface area (Å²) >= 11 is 6.38. The number of aryl methyl sites for hydroxylation is 1. The maximum absolute atomic E-state index is 13.3. The number of nitrogens with zero attached hydrogens (tertiary/aromatic N) is 2. The molecule has 1 heterocycles. The number of rotatable bonds is 9. The van der Waals surface area contributed by atoms with Crippen molar-refractivity contribution in [2.75, 3.05) is 4.90 Å². The molecular formula is C32H24ClN3O7. The Morgan fingerprint density at radius 1 is 0.860 bits per heavy atom. The molecule has 0 radical (unpaired) electrons. The average Bonchev–Trinajstić information content (AvgIpc) is 2.99. The molecule has 4 aromatic carbocycles. The zero-order valence-electron chi connectivity index (χ0n) is 22.8. The maximum atomic E-state index is 13.3. The van der Waals surface area contributed by atoms with Gasteiger partial charge in [-0.1, -0.05) is 47.5 Å². The summed E-state index contributed by atoms with van der Waals surface area (Å²) in [6.07, 6.45) is 1.34. The Morgan fingerprint density at radius 3 is 2.12 bits per heavy atom. The van der Waals surface area contributed by atoms with Crippen molar-refractivity contribution in [1.29, 1.82) is 0 Å². The normalized spacial score (nSPS) is 14.0. The lowest BCUT2D eigenvalue weighted by molar-refractivity contribution is -0.384. The number of imide groups is 2. The van der Waals surface area contributed by atoms with Crippen molar-refractivity contribution < 1.29 is 28.8 Å². The lowest BCUT2D eigenvalue weighted by atomic mass is 10.1. The number of benzene rings is 4. The molecule has 1 fully saturated rings. The molecule has 0 saturated carbocycles. The van der Waals surface area contributed by atoms with Crippen molar-refractivity contribution in [1.82, 2.24) is 5.32 Å². The number of urea groups is 1. The lowest BCUT2D eigenvalue weighted by Gasteiger charge is -2.26. The number of barbiturate groups is 1. The molecule has 5 rings (SSSR count). The standard InChI is InChI=1S/C32H24ClN3O7/c1-20-2-4-21(5-3-20)18-42-26-13-11-24(12-14-26)35-31(38)27(30(37)34-32(35)39)16-23-8-15-29(28(33)17-23)43-19-22-6-9-25(10-7-22)36(40)41/h2-17H,18-19H2,1H3,(H,34,37,39)/b27-16+. The van der Waals surface area contributed by atoms with Crippen LogP contribution in [0.5, 0.6) is 11.5 Å². The van der Waals surface area contributed by atoms with Gasteiger partial charge in [-0.15, -0.1) is 0 Å². The molecule has 1 N–H and O–H groups in total. The van der Waals surface area contributed by atoms with E-state index < -0.39 is 22.8 Å². The molecule has 216 valence electrons. The minimum atomic E-state index is -0.867. The second kappa shape index (κ2) is 12.6. The molecule has 10 nitrogen and oxygen atoms in total. The third-order valence-electron chi connectivity index (χ3n) is 6.53. The molecule has 1 aliphatic heterocycles. The number of halogens is 1. The van der Waals surface area contributed by atoms with Gasteiger partial charge in [0.05, 0.1) is 15.6 Å². The van der Waals surface area contributed by atoms with E-state index in [2.05, 4.69) is 5.32 Å². The van der Waals surface area contributed by atoms with Crippen molar-refractivity contribution in [2.45, 2.75) is 20.1 Å². The third-order valence-corrected chi connectivity index (χ3v) is 6.83. The average molecular weight is 598 g/mol. The number of non-ortho nitro benzene ring substituents is 1. The van der Waals surface area contributed by atoms with Crippen LogP contribution in [-0.2, 0) is 22.8 Å². The summed E-state index contributed by atoms with van der Waals surface area (Å²) < 4.78 is 11.5. The number of carbonyl (C=O) groups excluding carboxylic acids is 3. The van der Waals surface area contributed by atoms with Gasteiger partial charge >= 0.3 is 6.03 Å². The van der Waals surface area contributed by atoms with Gasteiger partial charge in [-0.2, -0.15) is 0 Å². The molecule has 0 atom stereocenters. The number of carbonyl (C=O) groups is 3. The van der Waals surface area contributed by atoms with Crippen LogP contribution < -0.4 is 19.7 Å². The zero-order valence-corrected chi connectivity index (χ0v) is 23.5. The topological polar surface area (TPSA) is 128 Å². The van der Waals surface area contributed by atoms with Crippen molar-refractivity contribution in [3.63, 3.8) is 0 Å². The van der Waals surface area contributed by atoms with E-state index >= 15 is 0 Å². The number of hydrogen-bond acceptors (Lipinski definition) is 7. The first-order chi connectivity index (χ1) is 20.7. The van der Waals surface area contributed by atoms with Crippen LogP contribution in [0.4, 0.5) is 16.2 Å². The van der Waals surface area contributed by atoms with Gasteiger partial charge in [0.1, 0.15) is 30.3 Å². The van der Waals surface area contributed by atoms with E-state index in [0.717, 1.165) is 16.0 Å². The summed E-state index contributed by atoms with van der Waals surface area (Å²) in [5, 5.41) is 13.2. The van der Waals surface area contributed by atoms with Crippen molar-refractivity contribution in [2.24, 2.45) is 0 Å². The molecule has 4 aromatic rings. The minimum Gasteiger partial charge on any atom is -0.489 e. The van der Waals surface area contributed by atoms with E-state index in [0.29, 0.717) is 29.2 Å². The van der Waals surface area contributed by atoms with E-state index in [1.807, 2.05) is 31.2 Å². The summed E-state index contributed by atoms with van der Waals surface area (Å²) in [4.78, 5) is 49.7. The van der Waals surface area contributed by atoms with Gasteiger partial charge in [-0.05, 0) is 78.2 Å². The quantitative estimate of drug-likeness (QED) is 0.103. The number of amides is 4. The van der Waals surface area contributed by atoms with Crippen LogP contribution in [0.15, 0.2) is 96.6 Å². The van der Waals surface area contributed by atoms with Gasteiger partial charge in [0.25, 0.3) is 17.5 Å². The molecule has 0 aliphatic carbocycles. The highest BCUT2D eigenvalue weighted by molar-refractivity contribution is 6.39. The second-order valence-electron chi connectivity index (χ2n) is 9.63. The number of nitro groups is 1. The van der Waals surface area contributed by atoms with Crippen LogP contribution in [0, 0.1) is 17.0 Å². The monoisotopic (exact) mass is 597 g/mol. The smallest absolute Gasteiger partial charge is 0.335 e. The van der Waals surface area contributed by atoms with E-state index in [1.165, 1.54) is 24.3 Å². The van der Waals surface area contributed by atoms with Crippen molar-refractivity contribution in [3.8, 4) is 11.5 Å². The Balaban J connectivity index is 1.27. The molecule has 43 heavy (non-hydrogen) atoms. The minimum absolute atomic E-state index is 0.0272. The van der Waals surface area contributed by atoms with E-state index in [4.69, 9.17) is 21.1 Å². The Bertz CT molecular complexity index is 1730. The van der Waals surface area contributed by atoms with Crippen LogP contribution in [-0.4, -0.2) is 22.8 Å². The number of nitro benzene ring substituents is 1. The summed E-state index contributed by atoms with van der Waals surface area (Å²) in [5.74, 6) is -0.745. The SMILES string of the molecule is Cc1ccc(COc2ccc(N3C(=O)NC(=O)/C(=C\c4ccc(OCc5ccc([N+](=O)[O-])cc5)c(Cl)c4)C3=O)cc2)cc1. The summed E-state index contributed by atoms with van der Waals surface area (Å²) in [6, 6.07) is 24.1. The molecule has 1 saturated heterocycles. The van der Waals surface area contributed by atoms with Crippen LogP contribution in [0.3, 0.4) is 0 Å². The van der Waals surface area contributed by atoms with Gasteiger partial charge in [0.2, 0.25) is 0 Å². The zero-order chi connectivity index (χ0) is 30.5. The first-order valence-corrected chi connectivity index (χ1v) is 13.4. The number of hydrogen-bond donors (Lipinski definition) is 1. The highest BCUT2D eigenvalue weighted by Gasteiger charge is 2.36. The van der Waals surface area contributed by atoms with Gasteiger partial charge < -0.3 is 9.47 Å². The predicted molar refractivity (Wildman–Crippen MR) is 160 cm³/mol. The van der Waals surface area contributed by atoms with Crippen LogP contribution >= 0.6 is 11.6 Å². The fourth-order valence-corrected chi connectivity index (χ4v) is 4.44. The van der Waals surface area contributed by atoms with Gasteiger partial charge in [0, 0.05) is 12.1 Å². The summed E-state index contributed by atoms with van der Waals surface area (Å²) in [5.41, 5.74) is 3.26. The highest BCUT2D eigenvalue weighted by atomic mass is 35.5. The third kappa shape index (κ3) is 6.88. The Hall–Kier alpha value is -5.48. The molecule has 0 spiro atoms. The van der Waals surface area contributed by atoms with Crippen molar-refractivity contribution in [3.05, 3.63) is 134 Å². The first kappa shape index (κ1) is 29.0. The second-order valence-corrected chi connectivity index (χ2v) is 10.0. The highest BCUT2D eigenvalue weighted by Crippen LogP contribution is 2.29. The van der Waals surface area contributed by atoms with Gasteiger partial charge in [-0.3, -0.25) is 25.0 Å². The molecular weight excluding hydrogens is 574 g/mol. The largest absolute Gasteiger partial charge is 0.489 e. The number of anilines is 1. The van der Waals surface area contributed by atoms with E-state index in [9.17, 15) is 24.5 Å². The van der Waals surface area contributed by atoms with Crippen LogP contribution in [0.1, 0.15) is 22.3 Å². The van der Waals surface area contributed by atoms with Gasteiger partial charge in [-0.25, -0.2) is 9.69 Å². The molecule has 0 unspecified atom stereocenters. The molecule has 1 aliphatic rings. The van der Waals surface area contributed by atoms with Crippen molar-refractivity contribution >= 4 is 46.9 Å². The maximum Gasteiger partial charge on any atom is 0.335 e. The molecule has 0 bridgehead atoms. The first-order valence-electron chi connectivity index (χ1n) is 13.0. The number of ether oxygens (including phenoxy) is 2. The Morgan fingerprint density at radius 2 is 1.49 bits per heavy atom. The lowest BCUT2D eigenvalue weighted by Crippen LogP contribution is -2.54. The Labute approximate surface area is 251 Å².